The molecule has 0 unspecified atom stereocenters. The van der Waals surface area contributed by atoms with E-state index in [1.165, 1.54) is 18.4 Å². The summed E-state index contributed by atoms with van der Waals surface area (Å²) in [5.41, 5.74) is 2.18. The predicted octanol–water partition coefficient (Wildman–Crippen LogP) is 7.10. The van der Waals surface area contributed by atoms with Crippen LogP contribution in [0.3, 0.4) is 0 Å². The number of fused-ring (bicyclic) bond motifs is 1. The molecule has 1 atom stereocenters. The lowest BCUT2D eigenvalue weighted by molar-refractivity contribution is 0.0600. The zero-order valence-corrected chi connectivity index (χ0v) is 23.2. The van der Waals surface area contributed by atoms with Crippen LogP contribution in [-0.4, -0.2) is 41.8 Å². The fourth-order valence-corrected chi connectivity index (χ4v) is 5.90. The van der Waals surface area contributed by atoms with Crippen LogP contribution in [0.25, 0.3) is 16.0 Å². The molecule has 1 aliphatic heterocycles. The number of nitrogens with zero attached hydrogens (tertiary/aromatic N) is 2. The molecule has 0 saturated carbocycles. The van der Waals surface area contributed by atoms with Gasteiger partial charge in [-0.25, -0.2) is 9.78 Å². The van der Waals surface area contributed by atoms with Gasteiger partial charge in [-0.05, 0) is 51.1 Å². The smallest absolute Gasteiger partial charge is 0.351 e. The van der Waals surface area contributed by atoms with E-state index < -0.39 is 12.1 Å². The van der Waals surface area contributed by atoms with E-state index in [-0.39, 0.29) is 6.10 Å². The van der Waals surface area contributed by atoms with Gasteiger partial charge in [0, 0.05) is 11.6 Å². The van der Waals surface area contributed by atoms with Gasteiger partial charge in [-0.1, -0.05) is 46.9 Å². The second-order valence-corrected chi connectivity index (χ2v) is 10.8. The van der Waals surface area contributed by atoms with Crippen LogP contribution in [0.5, 0.6) is 11.5 Å². The number of ether oxygens (including phenoxy) is 3. The predicted molar refractivity (Wildman–Crippen MR) is 147 cm³/mol. The largest absolute Gasteiger partial charge is 0.489 e. The van der Waals surface area contributed by atoms with Crippen molar-refractivity contribution in [2.45, 2.75) is 32.0 Å². The number of hydrogen-bond donors (Lipinski definition) is 1. The standard InChI is InChI=1S/C26H24Cl3N3O4S/c1-14(16-4-3-5-21(24(16)29)36-15-6-8-30-9-7-15)35-22-12-23(37-25(22)26(33)34-2)32-13-31-19-10-17(27)18(28)11-20(19)32/h3-5,10-15,30H,6-9H2,1-2H3/t14-/m1/s1. The number of carbonyl (C=O) groups excluding carboxylic acids is 1. The van der Waals surface area contributed by atoms with Crippen LogP contribution in [0.15, 0.2) is 42.7 Å². The molecule has 2 aromatic heterocycles. The van der Waals surface area contributed by atoms with E-state index in [4.69, 9.17) is 49.0 Å². The number of halogens is 3. The van der Waals surface area contributed by atoms with Gasteiger partial charge in [0.25, 0.3) is 0 Å². The van der Waals surface area contributed by atoms with Gasteiger partial charge in [-0.3, -0.25) is 4.57 Å². The summed E-state index contributed by atoms with van der Waals surface area (Å²) in [7, 11) is 1.34. The van der Waals surface area contributed by atoms with E-state index in [0.29, 0.717) is 42.0 Å². The zero-order valence-electron chi connectivity index (χ0n) is 20.1. The fraction of sp³-hybridized carbons (Fsp3) is 0.308. The lowest BCUT2D eigenvalue weighted by Gasteiger charge is -2.25. The van der Waals surface area contributed by atoms with Crippen molar-refractivity contribution in [1.29, 1.82) is 0 Å². The van der Waals surface area contributed by atoms with E-state index in [0.717, 1.165) is 37.0 Å². The molecule has 4 aromatic rings. The Morgan fingerprint density at radius 3 is 2.65 bits per heavy atom. The minimum atomic E-state index is -0.502. The second-order valence-electron chi connectivity index (χ2n) is 8.63. The molecule has 5 rings (SSSR count). The average molecular weight is 581 g/mol. The number of nitrogens with one attached hydrogen (secondary N) is 1. The SMILES string of the molecule is COC(=O)c1sc(-n2cnc3cc(Cl)c(Cl)cc32)cc1O[C@H](C)c1cccc(OC2CCNCC2)c1Cl. The Morgan fingerprint density at radius 2 is 1.89 bits per heavy atom. The molecular formula is C26H24Cl3N3O4S. The summed E-state index contributed by atoms with van der Waals surface area (Å²) in [6, 6.07) is 10.9. The first-order chi connectivity index (χ1) is 17.9. The van der Waals surface area contributed by atoms with Gasteiger partial charge in [-0.15, -0.1) is 11.3 Å². The zero-order chi connectivity index (χ0) is 26.1. The van der Waals surface area contributed by atoms with E-state index in [1.807, 2.05) is 29.7 Å². The monoisotopic (exact) mass is 579 g/mol. The summed E-state index contributed by atoms with van der Waals surface area (Å²) < 4.78 is 19.3. The van der Waals surface area contributed by atoms with Crippen molar-refractivity contribution in [2.24, 2.45) is 0 Å². The number of methoxy groups -OCH3 is 1. The van der Waals surface area contributed by atoms with Crippen molar-refractivity contribution in [2.75, 3.05) is 20.2 Å². The van der Waals surface area contributed by atoms with E-state index in [2.05, 4.69) is 10.3 Å². The van der Waals surface area contributed by atoms with Crippen LogP contribution < -0.4 is 14.8 Å². The minimum Gasteiger partial charge on any atom is -0.489 e. The maximum Gasteiger partial charge on any atom is 0.351 e. The van der Waals surface area contributed by atoms with Crippen LogP contribution >= 0.6 is 46.1 Å². The molecule has 0 amide bonds. The highest BCUT2D eigenvalue weighted by atomic mass is 35.5. The van der Waals surface area contributed by atoms with Crippen LogP contribution in [-0.2, 0) is 4.74 Å². The molecule has 0 bridgehead atoms. The Morgan fingerprint density at radius 1 is 1.14 bits per heavy atom. The highest BCUT2D eigenvalue weighted by molar-refractivity contribution is 7.16. The van der Waals surface area contributed by atoms with Crippen LogP contribution in [0, 0.1) is 0 Å². The lowest BCUT2D eigenvalue weighted by Crippen LogP contribution is -2.34. The lowest BCUT2D eigenvalue weighted by atomic mass is 10.1. The third-order valence-corrected chi connectivity index (χ3v) is 8.42. The number of imidazole rings is 1. The van der Waals surface area contributed by atoms with Gasteiger partial charge in [0.2, 0.25) is 0 Å². The average Bonchev–Trinajstić information content (AvgIpc) is 3.49. The molecule has 11 heteroatoms. The molecule has 0 aliphatic carbocycles. The number of rotatable bonds is 7. The first kappa shape index (κ1) is 26.1. The number of benzene rings is 2. The molecule has 1 N–H and O–H groups in total. The molecule has 2 aromatic carbocycles. The summed E-state index contributed by atoms with van der Waals surface area (Å²) in [6.07, 6.45) is 3.14. The topological polar surface area (TPSA) is 74.6 Å². The first-order valence-electron chi connectivity index (χ1n) is 11.7. The number of piperidine rings is 1. The van der Waals surface area contributed by atoms with Crippen molar-refractivity contribution in [3.63, 3.8) is 0 Å². The minimum absolute atomic E-state index is 0.115. The highest BCUT2D eigenvalue weighted by Gasteiger charge is 2.24. The molecule has 0 spiro atoms. The summed E-state index contributed by atoms with van der Waals surface area (Å²) in [5, 5.41) is 5.36. The van der Waals surface area contributed by atoms with E-state index >= 15 is 0 Å². The summed E-state index contributed by atoms with van der Waals surface area (Å²) >= 11 is 20.4. The van der Waals surface area contributed by atoms with Gasteiger partial charge in [0.15, 0.2) is 4.88 Å². The van der Waals surface area contributed by atoms with Gasteiger partial charge in [0.05, 0.1) is 33.2 Å². The Balaban J connectivity index is 1.45. The third kappa shape index (κ3) is 5.40. The van der Waals surface area contributed by atoms with Gasteiger partial charge >= 0.3 is 5.97 Å². The molecule has 37 heavy (non-hydrogen) atoms. The van der Waals surface area contributed by atoms with Crippen molar-refractivity contribution < 1.29 is 19.0 Å². The molecule has 1 saturated heterocycles. The van der Waals surface area contributed by atoms with Crippen LogP contribution in [0.4, 0.5) is 0 Å². The number of thiophene rings is 1. The fourth-order valence-electron chi connectivity index (χ4n) is 4.26. The molecule has 1 fully saturated rings. The summed E-state index contributed by atoms with van der Waals surface area (Å²) in [5.74, 6) is 0.501. The molecule has 194 valence electrons. The van der Waals surface area contributed by atoms with Crippen LogP contribution in [0.2, 0.25) is 15.1 Å². The normalized spacial score (nSPS) is 15.1. The van der Waals surface area contributed by atoms with Gasteiger partial charge in [0.1, 0.15) is 35.0 Å². The molecule has 0 radical (unpaired) electrons. The Bertz CT molecular complexity index is 1450. The third-order valence-electron chi connectivity index (χ3n) is 6.20. The number of hydrogen-bond acceptors (Lipinski definition) is 7. The number of esters is 1. The molecular weight excluding hydrogens is 557 g/mol. The van der Waals surface area contributed by atoms with E-state index in [9.17, 15) is 4.79 Å². The second kappa shape index (κ2) is 11.1. The number of aromatic nitrogens is 2. The quantitative estimate of drug-likeness (QED) is 0.235. The maximum atomic E-state index is 12.6. The van der Waals surface area contributed by atoms with Crippen molar-refractivity contribution in [3.05, 3.63) is 68.2 Å². The molecule has 1 aliphatic rings. The Kier molecular flexibility index (Phi) is 7.83. The van der Waals surface area contributed by atoms with Gasteiger partial charge < -0.3 is 19.5 Å². The summed E-state index contributed by atoms with van der Waals surface area (Å²) in [4.78, 5) is 17.4. The molecule has 7 nitrogen and oxygen atoms in total. The Hall–Kier alpha value is -2.49. The highest BCUT2D eigenvalue weighted by Crippen LogP contribution is 2.40. The van der Waals surface area contributed by atoms with Crippen molar-refractivity contribution >= 4 is 63.1 Å². The molecule has 3 heterocycles. The Labute approximate surface area is 233 Å². The van der Waals surface area contributed by atoms with Gasteiger partial charge in [-0.2, -0.15) is 0 Å². The maximum absolute atomic E-state index is 12.6. The first-order valence-corrected chi connectivity index (χ1v) is 13.7. The number of carbonyl (C=O) groups is 1. The van der Waals surface area contributed by atoms with Crippen LogP contribution in [0.1, 0.15) is 41.1 Å². The van der Waals surface area contributed by atoms with Crippen molar-refractivity contribution in [3.8, 4) is 16.5 Å². The van der Waals surface area contributed by atoms with Crippen molar-refractivity contribution in [1.82, 2.24) is 14.9 Å². The summed E-state index contributed by atoms with van der Waals surface area (Å²) in [6.45, 7) is 3.72. The van der Waals surface area contributed by atoms with E-state index in [1.54, 1.807) is 24.5 Å².